The van der Waals surface area contributed by atoms with Gasteiger partial charge in [-0.2, -0.15) is 0 Å². The zero-order valence-corrected chi connectivity index (χ0v) is 9.99. The number of benzene rings is 1. The minimum Gasteiger partial charge on any atom is -0.485 e. The van der Waals surface area contributed by atoms with Crippen molar-refractivity contribution in [1.29, 1.82) is 0 Å². The molecular formula is C11H7Cl2OS. The van der Waals surface area contributed by atoms with E-state index in [1.165, 1.54) is 0 Å². The van der Waals surface area contributed by atoms with Gasteiger partial charge in [0.2, 0.25) is 0 Å². The summed E-state index contributed by atoms with van der Waals surface area (Å²) in [6.07, 6.45) is 0. The summed E-state index contributed by atoms with van der Waals surface area (Å²) in [5, 5.41) is 2.97. The molecule has 1 radical (unpaired) electrons. The Hall–Kier alpha value is -0.700. The van der Waals surface area contributed by atoms with E-state index in [0.29, 0.717) is 22.4 Å². The van der Waals surface area contributed by atoms with E-state index in [2.05, 4.69) is 6.07 Å². The molecular weight excluding hydrogens is 251 g/mol. The number of rotatable bonds is 3. The topological polar surface area (TPSA) is 9.23 Å². The van der Waals surface area contributed by atoms with E-state index in [0.717, 1.165) is 4.88 Å². The maximum absolute atomic E-state index is 5.93. The zero-order chi connectivity index (χ0) is 10.7. The molecule has 0 bridgehead atoms. The third-order valence-corrected chi connectivity index (χ3v) is 3.20. The molecule has 0 atom stereocenters. The van der Waals surface area contributed by atoms with Gasteiger partial charge < -0.3 is 4.74 Å². The van der Waals surface area contributed by atoms with Crippen molar-refractivity contribution in [3.05, 3.63) is 50.6 Å². The quantitative estimate of drug-likeness (QED) is 0.791. The second-order valence-corrected chi connectivity index (χ2v) is 4.70. The minimum absolute atomic E-state index is 0.485. The van der Waals surface area contributed by atoms with Crippen molar-refractivity contribution in [3.63, 3.8) is 0 Å². The SMILES string of the molecule is Clc1c[c]cc(Cl)c1OCc1cccs1. The maximum atomic E-state index is 5.93. The molecule has 1 aromatic carbocycles. The molecule has 0 unspecified atom stereocenters. The first-order valence-corrected chi connectivity index (χ1v) is 5.91. The molecule has 2 aromatic rings. The van der Waals surface area contributed by atoms with Crippen LogP contribution in [0.1, 0.15) is 4.88 Å². The summed E-state index contributed by atoms with van der Waals surface area (Å²) < 4.78 is 5.54. The third kappa shape index (κ3) is 2.65. The van der Waals surface area contributed by atoms with Gasteiger partial charge in [-0.05, 0) is 29.6 Å². The van der Waals surface area contributed by atoms with E-state index in [9.17, 15) is 0 Å². The lowest BCUT2D eigenvalue weighted by Gasteiger charge is -2.07. The van der Waals surface area contributed by atoms with Crippen LogP contribution < -0.4 is 4.74 Å². The summed E-state index contributed by atoms with van der Waals surface area (Å²) in [6.45, 7) is 0.487. The van der Waals surface area contributed by atoms with E-state index in [1.807, 2.05) is 17.5 Å². The van der Waals surface area contributed by atoms with Crippen LogP contribution in [-0.2, 0) is 6.61 Å². The van der Waals surface area contributed by atoms with E-state index >= 15 is 0 Å². The molecule has 0 saturated carbocycles. The highest BCUT2D eigenvalue weighted by Gasteiger charge is 2.06. The smallest absolute Gasteiger partial charge is 0.157 e. The van der Waals surface area contributed by atoms with Crippen LogP contribution in [0.5, 0.6) is 5.75 Å². The van der Waals surface area contributed by atoms with Crippen LogP contribution in [0.3, 0.4) is 0 Å². The lowest BCUT2D eigenvalue weighted by molar-refractivity contribution is 0.310. The Kier molecular flexibility index (Phi) is 3.52. The Bertz CT molecular complexity index is 420. The predicted octanol–water partition coefficient (Wildman–Crippen LogP) is 4.43. The first kappa shape index (κ1) is 10.8. The van der Waals surface area contributed by atoms with Gasteiger partial charge in [-0.1, -0.05) is 29.3 Å². The highest BCUT2D eigenvalue weighted by Crippen LogP contribution is 2.32. The zero-order valence-electron chi connectivity index (χ0n) is 7.67. The number of halogens is 2. The molecule has 0 aliphatic carbocycles. The molecule has 15 heavy (non-hydrogen) atoms. The van der Waals surface area contributed by atoms with Gasteiger partial charge in [-0.3, -0.25) is 0 Å². The Labute approximate surface area is 102 Å². The Balaban J connectivity index is 2.11. The van der Waals surface area contributed by atoms with Gasteiger partial charge in [-0.25, -0.2) is 0 Å². The van der Waals surface area contributed by atoms with Crippen molar-refractivity contribution in [2.75, 3.05) is 0 Å². The lowest BCUT2D eigenvalue weighted by Crippen LogP contribution is -1.94. The molecule has 77 valence electrons. The Morgan fingerprint density at radius 2 is 2.00 bits per heavy atom. The Morgan fingerprint density at radius 3 is 2.60 bits per heavy atom. The monoisotopic (exact) mass is 257 g/mol. The van der Waals surface area contributed by atoms with E-state index in [-0.39, 0.29) is 0 Å². The van der Waals surface area contributed by atoms with Crippen LogP contribution >= 0.6 is 34.5 Å². The molecule has 4 heteroatoms. The number of hydrogen-bond donors (Lipinski definition) is 0. The molecule has 2 rings (SSSR count). The first-order chi connectivity index (χ1) is 7.27. The molecule has 0 spiro atoms. The molecule has 0 amide bonds. The molecule has 0 aliphatic rings. The predicted molar refractivity (Wildman–Crippen MR) is 63.9 cm³/mol. The second kappa shape index (κ2) is 4.88. The average Bonchev–Trinajstić information content (AvgIpc) is 2.70. The van der Waals surface area contributed by atoms with Gasteiger partial charge in [0.15, 0.2) is 5.75 Å². The van der Waals surface area contributed by atoms with E-state index in [1.54, 1.807) is 23.5 Å². The third-order valence-electron chi connectivity index (χ3n) is 1.79. The summed E-state index contributed by atoms with van der Waals surface area (Å²) in [7, 11) is 0. The fourth-order valence-electron chi connectivity index (χ4n) is 1.11. The van der Waals surface area contributed by atoms with Gasteiger partial charge in [0.1, 0.15) is 6.61 Å². The van der Waals surface area contributed by atoms with Crippen molar-refractivity contribution in [2.24, 2.45) is 0 Å². The fourth-order valence-corrected chi connectivity index (χ4v) is 2.21. The van der Waals surface area contributed by atoms with Crippen LogP contribution in [0.25, 0.3) is 0 Å². The van der Waals surface area contributed by atoms with E-state index in [4.69, 9.17) is 27.9 Å². The molecule has 0 N–H and O–H groups in total. The van der Waals surface area contributed by atoms with Gasteiger partial charge in [0, 0.05) is 4.88 Å². The molecule has 0 aliphatic heterocycles. The normalized spacial score (nSPS) is 10.3. The molecule has 0 saturated heterocycles. The summed E-state index contributed by atoms with van der Waals surface area (Å²) in [4.78, 5) is 1.13. The standard InChI is InChI=1S/C11H7Cl2OS/c12-9-4-1-5-10(13)11(9)14-7-8-3-2-6-15-8/h2-6H,7H2. The van der Waals surface area contributed by atoms with Gasteiger partial charge in [0.05, 0.1) is 10.0 Å². The van der Waals surface area contributed by atoms with E-state index < -0.39 is 0 Å². The van der Waals surface area contributed by atoms with Crippen molar-refractivity contribution < 1.29 is 4.74 Å². The highest BCUT2D eigenvalue weighted by molar-refractivity contribution is 7.09. The van der Waals surface area contributed by atoms with Crippen LogP contribution in [0.15, 0.2) is 29.6 Å². The summed E-state index contributed by atoms with van der Waals surface area (Å²) >= 11 is 13.5. The van der Waals surface area contributed by atoms with Crippen molar-refractivity contribution in [3.8, 4) is 5.75 Å². The number of hydrogen-bond acceptors (Lipinski definition) is 2. The Morgan fingerprint density at radius 1 is 1.27 bits per heavy atom. The summed E-state index contributed by atoms with van der Waals surface area (Å²) in [6, 6.07) is 10.1. The molecule has 1 aromatic heterocycles. The van der Waals surface area contributed by atoms with Crippen molar-refractivity contribution >= 4 is 34.5 Å². The first-order valence-electron chi connectivity index (χ1n) is 4.27. The lowest BCUT2D eigenvalue weighted by atomic mass is 10.3. The van der Waals surface area contributed by atoms with Gasteiger partial charge in [-0.15, -0.1) is 11.3 Å². The van der Waals surface area contributed by atoms with Crippen molar-refractivity contribution in [2.45, 2.75) is 6.61 Å². The summed E-state index contributed by atoms with van der Waals surface area (Å²) in [5.41, 5.74) is 0. The number of thiophene rings is 1. The molecule has 0 fully saturated rings. The highest BCUT2D eigenvalue weighted by atomic mass is 35.5. The molecule has 1 nitrogen and oxygen atoms in total. The summed E-state index contributed by atoms with van der Waals surface area (Å²) in [5.74, 6) is 0.519. The largest absolute Gasteiger partial charge is 0.485 e. The number of ether oxygens (including phenoxy) is 1. The van der Waals surface area contributed by atoms with Crippen LogP contribution in [-0.4, -0.2) is 0 Å². The second-order valence-electron chi connectivity index (χ2n) is 2.85. The average molecular weight is 258 g/mol. The van der Waals surface area contributed by atoms with Crippen molar-refractivity contribution in [1.82, 2.24) is 0 Å². The van der Waals surface area contributed by atoms with Crippen LogP contribution in [0.2, 0.25) is 10.0 Å². The maximum Gasteiger partial charge on any atom is 0.157 e. The van der Waals surface area contributed by atoms with Crippen LogP contribution in [0, 0.1) is 6.07 Å². The van der Waals surface area contributed by atoms with Gasteiger partial charge in [0.25, 0.3) is 0 Å². The fraction of sp³-hybridized carbons (Fsp3) is 0.0909. The molecule has 1 heterocycles. The minimum atomic E-state index is 0.485. The van der Waals surface area contributed by atoms with Gasteiger partial charge >= 0.3 is 0 Å². The van der Waals surface area contributed by atoms with Crippen LogP contribution in [0.4, 0.5) is 0 Å².